The molecular formula is C9H11ClN2O2. The molecule has 1 atom stereocenters. The van der Waals surface area contributed by atoms with E-state index >= 15 is 0 Å². The van der Waals surface area contributed by atoms with Crippen LogP contribution in [0.4, 0.5) is 0 Å². The smallest absolute Gasteiger partial charge is 0.251 e. The van der Waals surface area contributed by atoms with Crippen LogP contribution in [0.5, 0.6) is 0 Å². The number of nitrogens with one attached hydrogen (secondary N) is 1. The maximum atomic E-state index is 11.4. The van der Waals surface area contributed by atoms with E-state index in [4.69, 9.17) is 16.7 Å². The van der Waals surface area contributed by atoms with E-state index in [1.165, 1.54) is 12.3 Å². The van der Waals surface area contributed by atoms with E-state index in [0.717, 1.165) is 0 Å². The summed E-state index contributed by atoms with van der Waals surface area (Å²) in [6, 6.07) is 3.03. The second-order valence-corrected chi connectivity index (χ2v) is 3.31. The van der Waals surface area contributed by atoms with Crippen LogP contribution in [0.15, 0.2) is 18.3 Å². The Morgan fingerprint density at radius 1 is 1.79 bits per heavy atom. The maximum Gasteiger partial charge on any atom is 0.251 e. The van der Waals surface area contributed by atoms with E-state index in [9.17, 15) is 4.79 Å². The van der Waals surface area contributed by atoms with E-state index in [1.807, 2.05) is 0 Å². The van der Waals surface area contributed by atoms with Crippen LogP contribution in [0, 0.1) is 0 Å². The van der Waals surface area contributed by atoms with E-state index in [1.54, 1.807) is 13.0 Å². The minimum Gasteiger partial charge on any atom is -0.392 e. The summed E-state index contributed by atoms with van der Waals surface area (Å²) in [5, 5.41) is 11.8. The molecule has 76 valence electrons. The second-order valence-electron chi connectivity index (χ2n) is 2.93. The fourth-order valence-corrected chi connectivity index (χ4v) is 1.06. The lowest BCUT2D eigenvalue weighted by atomic mass is 10.2. The fourth-order valence-electron chi connectivity index (χ4n) is 0.886. The lowest BCUT2D eigenvalue weighted by molar-refractivity contribution is 0.0924. The Morgan fingerprint density at radius 3 is 3.07 bits per heavy atom. The molecule has 1 rings (SSSR count). The van der Waals surface area contributed by atoms with Gasteiger partial charge in [0.2, 0.25) is 0 Å². The van der Waals surface area contributed by atoms with Crippen LogP contribution in [0.1, 0.15) is 17.3 Å². The van der Waals surface area contributed by atoms with Crippen LogP contribution in [-0.2, 0) is 0 Å². The predicted molar refractivity (Wildman–Crippen MR) is 53.3 cm³/mol. The van der Waals surface area contributed by atoms with Crippen molar-refractivity contribution in [2.24, 2.45) is 0 Å². The average molecular weight is 215 g/mol. The number of halogens is 1. The van der Waals surface area contributed by atoms with Crippen molar-refractivity contribution >= 4 is 17.5 Å². The molecule has 0 bridgehead atoms. The molecule has 0 spiro atoms. The first-order chi connectivity index (χ1) is 6.59. The highest BCUT2D eigenvalue weighted by molar-refractivity contribution is 6.29. The summed E-state index contributed by atoms with van der Waals surface area (Å²) in [4.78, 5) is 15.1. The summed E-state index contributed by atoms with van der Waals surface area (Å²) in [7, 11) is 0. The van der Waals surface area contributed by atoms with Crippen molar-refractivity contribution in [2.75, 3.05) is 6.54 Å². The van der Waals surface area contributed by atoms with E-state index in [-0.39, 0.29) is 17.6 Å². The summed E-state index contributed by atoms with van der Waals surface area (Å²) < 4.78 is 0. The SMILES string of the molecule is CC(O)CNC(=O)c1ccnc(Cl)c1. The van der Waals surface area contributed by atoms with Crippen LogP contribution in [-0.4, -0.2) is 28.6 Å². The minimum absolute atomic E-state index is 0.221. The van der Waals surface area contributed by atoms with E-state index in [0.29, 0.717) is 5.56 Å². The van der Waals surface area contributed by atoms with Crippen molar-refractivity contribution in [3.8, 4) is 0 Å². The van der Waals surface area contributed by atoms with Gasteiger partial charge in [0.25, 0.3) is 5.91 Å². The molecule has 1 unspecified atom stereocenters. The molecule has 5 heteroatoms. The Hall–Kier alpha value is -1.13. The van der Waals surface area contributed by atoms with Gasteiger partial charge in [0.15, 0.2) is 0 Å². The Labute approximate surface area is 86.9 Å². The second kappa shape index (κ2) is 4.93. The van der Waals surface area contributed by atoms with Gasteiger partial charge < -0.3 is 10.4 Å². The number of carbonyl (C=O) groups is 1. The zero-order valence-electron chi connectivity index (χ0n) is 7.70. The molecule has 14 heavy (non-hydrogen) atoms. The monoisotopic (exact) mass is 214 g/mol. The number of hydrogen-bond acceptors (Lipinski definition) is 3. The van der Waals surface area contributed by atoms with Gasteiger partial charge >= 0.3 is 0 Å². The first kappa shape index (κ1) is 10.9. The Bertz CT molecular complexity index is 328. The third kappa shape index (κ3) is 3.32. The Balaban J connectivity index is 2.61. The number of pyridine rings is 1. The van der Waals surface area contributed by atoms with Crippen LogP contribution in [0.25, 0.3) is 0 Å². The number of aromatic nitrogens is 1. The molecular weight excluding hydrogens is 204 g/mol. The van der Waals surface area contributed by atoms with Crippen molar-refractivity contribution in [2.45, 2.75) is 13.0 Å². The number of carbonyl (C=O) groups excluding carboxylic acids is 1. The van der Waals surface area contributed by atoms with Crippen LogP contribution < -0.4 is 5.32 Å². The third-order valence-electron chi connectivity index (χ3n) is 1.55. The lowest BCUT2D eigenvalue weighted by Gasteiger charge is -2.06. The molecule has 1 aromatic heterocycles. The topological polar surface area (TPSA) is 62.2 Å². The van der Waals surface area contributed by atoms with Gasteiger partial charge in [-0.1, -0.05) is 11.6 Å². The lowest BCUT2D eigenvalue weighted by Crippen LogP contribution is -2.30. The Morgan fingerprint density at radius 2 is 2.50 bits per heavy atom. The average Bonchev–Trinajstić information content (AvgIpc) is 2.14. The molecule has 1 heterocycles. The van der Waals surface area contributed by atoms with Gasteiger partial charge in [-0.15, -0.1) is 0 Å². The minimum atomic E-state index is -0.559. The largest absolute Gasteiger partial charge is 0.392 e. The molecule has 0 fully saturated rings. The van der Waals surface area contributed by atoms with Crippen LogP contribution >= 0.6 is 11.6 Å². The molecule has 2 N–H and O–H groups in total. The molecule has 4 nitrogen and oxygen atoms in total. The van der Waals surface area contributed by atoms with Crippen molar-refractivity contribution in [3.63, 3.8) is 0 Å². The van der Waals surface area contributed by atoms with Gasteiger partial charge in [-0.2, -0.15) is 0 Å². The standard InChI is InChI=1S/C9H11ClN2O2/c1-6(13)5-12-9(14)7-2-3-11-8(10)4-7/h2-4,6,13H,5H2,1H3,(H,12,14). The number of aliphatic hydroxyl groups excluding tert-OH is 1. The molecule has 0 aliphatic carbocycles. The maximum absolute atomic E-state index is 11.4. The van der Waals surface area contributed by atoms with Gasteiger partial charge in [-0.05, 0) is 19.1 Å². The highest BCUT2D eigenvalue weighted by Crippen LogP contribution is 2.06. The molecule has 0 aliphatic heterocycles. The first-order valence-corrected chi connectivity index (χ1v) is 4.55. The van der Waals surface area contributed by atoms with Gasteiger partial charge in [0.1, 0.15) is 5.15 Å². The molecule has 1 amide bonds. The summed E-state index contributed by atoms with van der Waals surface area (Å²) in [6.07, 6.45) is 0.899. The quantitative estimate of drug-likeness (QED) is 0.734. The summed E-state index contributed by atoms with van der Waals surface area (Å²) in [5.41, 5.74) is 0.436. The first-order valence-electron chi connectivity index (χ1n) is 4.17. The highest BCUT2D eigenvalue weighted by Gasteiger charge is 2.06. The van der Waals surface area contributed by atoms with Crippen molar-refractivity contribution in [3.05, 3.63) is 29.0 Å². The summed E-state index contributed by atoms with van der Waals surface area (Å²) >= 11 is 5.61. The molecule has 0 saturated carbocycles. The number of aliphatic hydroxyl groups is 1. The third-order valence-corrected chi connectivity index (χ3v) is 1.75. The van der Waals surface area contributed by atoms with Crippen LogP contribution in [0.2, 0.25) is 5.15 Å². The van der Waals surface area contributed by atoms with Crippen molar-refractivity contribution in [1.29, 1.82) is 0 Å². The Kier molecular flexibility index (Phi) is 3.85. The van der Waals surface area contributed by atoms with Gasteiger partial charge in [-0.25, -0.2) is 4.98 Å². The van der Waals surface area contributed by atoms with E-state index < -0.39 is 6.10 Å². The number of nitrogens with zero attached hydrogens (tertiary/aromatic N) is 1. The molecule has 0 aromatic carbocycles. The van der Waals surface area contributed by atoms with Crippen molar-refractivity contribution in [1.82, 2.24) is 10.3 Å². The molecule has 0 saturated heterocycles. The fraction of sp³-hybridized carbons (Fsp3) is 0.333. The number of hydrogen-bond donors (Lipinski definition) is 2. The van der Waals surface area contributed by atoms with E-state index in [2.05, 4.69) is 10.3 Å². The molecule has 0 aliphatic rings. The van der Waals surface area contributed by atoms with Gasteiger partial charge in [0, 0.05) is 18.3 Å². The number of amides is 1. The highest BCUT2D eigenvalue weighted by atomic mass is 35.5. The molecule has 0 radical (unpaired) electrons. The van der Waals surface area contributed by atoms with Crippen molar-refractivity contribution < 1.29 is 9.90 Å². The van der Waals surface area contributed by atoms with Gasteiger partial charge in [0.05, 0.1) is 6.10 Å². The van der Waals surface area contributed by atoms with Crippen LogP contribution in [0.3, 0.4) is 0 Å². The normalized spacial score (nSPS) is 12.2. The van der Waals surface area contributed by atoms with Gasteiger partial charge in [-0.3, -0.25) is 4.79 Å². The molecule has 1 aromatic rings. The zero-order chi connectivity index (χ0) is 10.6. The zero-order valence-corrected chi connectivity index (χ0v) is 8.45. The number of rotatable bonds is 3. The summed E-state index contributed by atoms with van der Waals surface area (Å²) in [5.74, 6) is -0.268. The summed E-state index contributed by atoms with van der Waals surface area (Å²) in [6.45, 7) is 1.82. The predicted octanol–water partition coefficient (Wildman–Crippen LogP) is 0.846.